The maximum atomic E-state index is 13.3. The second-order valence-corrected chi connectivity index (χ2v) is 5.61. The molecule has 2 aromatic heterocycles. The predicted octanol–water partition coefficient (Wildman–Crippen LogP) is 4.10. The quantitative estimate of drug-likeness (QED) is 0.581. The van der Waals surface area contributed by atoms with Crippen LogP contribution in [0.5, 0.6) is 0 Å². The van der Waals surface area contributed by atoms with Crippen molar-refractivity contribution in [1.29, 1.82) is 5.26 Å². The van der Waals surface area contributed by atoms with E-state index in [-0.39, 0.29) is 5.69 Å². The van der Waals surface area contributed by atoms with Crippen LogP contribution in [0.2, 0.25) is 0 Å². The number of fused-ring (bicyclic) bond motifs is 1. The second-order valence-electron chi connectivity index (χ2n) is 5.61. The summed E-state index contributed by atoms with van der Waals surface area (Å²) in [5, 5.41) is 20.5. The Balaban J connectivity index is 1.79. The van der Waals surface area contributed by atoms with Crippen LogP contribution in [0, 0.1) is 11.3 Å². The molecule has 7 heteroatoms. The van der Waals surface area contributed by atoms with Crippen LogP contribution in [0.15, 0.2) is 54.6 Å². The molecule has 0 aliphatic carbocycles. The Bertz CT molecular complexity index is 1130. The number of aromatic nitrogens is 4. The van der Waals surface area contributed by atoms with Crippen LogP contribution in [-0.2, 0) is 6.67 Å². The molecule has 0 atom stereocenters. The monoisotopic (exact) mass is 344 g/mol. The van der Waals surface area contributed by atoms with Gasteiger partial charge in [0.05, 0.1) is 5.52 Å². The zero-order valence-corrected chi connectivity index (χ0v) is 13.6. The fourth-order valence-electron chi connectivity index (χ4n) is 2.72. The first-order chi connectivity index (χ1) is 12.8. The molecule has 126 valence electrons. The normalized spacial score (nSPS) is 10.6. The molecule has 0 amide bonds. The highest BCUT2D eigenvalue weighted by Crippen LogP contribution is 2.26. The molecular weight excluding hydrogens is 331 g/mol. The average Bonchev–Trinajstić information content (AvgIpc) is 3.10. The third-order valence-corrected chi connectivity index (χ3v) is 3.96. The average molecular weight is 344 g/mol. The number of nitriles is 1. The number of aromatic amines is 1. The van der Waals surface area contributed by atoms with Gasteiger partial charge in [0, 0.05) is 17.0 Å². The largest absolute Gasteiger partial charge is 0.323 e. The zero-order chi connectivity index (χ0) is 17.9. The molecule has 0 radical (unpaired) electrons. The SMILES string of the molecule is N#Cc1cc(Nc2n[nH]c3ccccc23)nc(-c2ccccc2CF)n1. The fourth-order valence-corrected chi connectivity index (χ4v) is 2.72. The van der Waals surface area contributed by atoms with E-state index in [1.54, 1.807) is 24.3 Å². The van der Waals surface area contributed by atoms with Gasteiger partial charge in [-0.05, 0) is 17.7 Å². The Morgan fingerprint density at radius 2 is 1.88 bits per heavy atom. The van der Waals surface area contributed by atoms with Gasteiger partial charge >= 0.3 is 0 Å². The van der Waals surface area contributed by atoms with E-state index in [1.165, 1.54) is 6.07 Å². The standard InChI is InChI=1S/C19H13FN6/c20-10-12-5-1-2-6-14(12)18-22-13(11-21)9-17(23-18)24-19-15-7-3-4-8-16(15)25-26-19/h1-9H,10H2,(H2,22,23,24,25,26). The summed E-state index contributed by atoms with van der Waals surface area (Å²) in [5.74, 6) is 1.30. The van der Waals surface area contributed by atoms with Crippen molar-refractivity contribution < 1.29 is 4.39 Å². The van der Waals surface area contributed by atoms with Crippen molar-refractivity contribution >= 4 is 22.5 Å². The van der Waals surface area contributed by atoms with E-state index < -0.39 is 6.67 Å². The summed E-state index contributed by atoms with van der Waals surface area (Å²) in [6, 6.07) is 18.2. The lowest BCUT2D eigenvalue weighted by Gasteiger charge is -2.08. The molecule has 4 aromatic rings. The molecule has 6 nitrogen and oxygen atoms in total. The molecule has 2 N–H and O–H groups in total. The molecule has 0 saturated carbocycles. The van der Waals surface area contributed by atoms with Crippen LogP contribution in [0.3, 0.4) is 0 Å². The highest BCUT2D eigenvalue weighted by molar-refractivity contribution is 5.91. The molecule has 2 heterocycles. The van der Waals surface area contributed by atoms with Gasteiger partial charge in [-0.15, -0.1) is 0 Å². The Kier molecular flexibility index (Phi) is 4.00. The van der Waals surface area contributed by atoms with E-state index in [2.05, 4.69) is 25.5 Å². The Morgan fingerprint density at radius 3 is 2.73 bits per heavy atom. The Morgan fingerprint density at radius 1 is 1.08 bits per heavy atom. The van der Waals surface area contributed by atoms with E-state index in [9.17, 15) is 9.65 Å². The van der Waals surface area contributed by atoms with Crippen LogP contribution < -0.4 is 5.32 Å². The van der Waals surface area contributed by atoms with Gasteiger partial charge in [0.2, 0.25) is 0 Å². The van der Waals surface area contributed by atoms with Crippen LogP contribution in [0.4, 0.5) is 16.0 Å². The van der Waals surface area contributed by atoms with Crippen molar-refractivity contribution in [1.82, 2.24) is 20.2 Å². The van der Waals surface area contributed by atoms with E-state index in [0.717, 1.165) is 10.9 Å². The van der Waals surface area contributed by atoms with Gasteiger partial charge in [-0.3, -0.25) is 5.10 Å². The van der Waals surface area contributed by atoms with Gasteiger partial charge in [0.25, 0.3) is 0 Å². The summed E-state index contributed by atoms with van der Waals surface area (Å²) in [6.45, 7) is -0.636. The number of hydrogen-bond donors (Lipinski definition) is 2. The lowest BCUT2D eigenvalue weighted by molar-refractivity contribution is 0.486. The molecule has 0 spiro atoms. The lowest BCUT2D eigenvalue weighted by Crippen LogP contribution is -2.01. The first-order valence-corrected chi connectivity index (χ1v) is 7.92. The summed E-state index contributed by atoms with van der Waals surface area (Å²) in [4.78, 5) is 8.66. The molecule has 0 unspecified atom stereocenters. The summed E-state index contributed by atoms with van der Waals surface area (Å²) in [7, 11) is 0. The Hall–Kier alpha value is -3.79. The number of benzene rings is 2. The van der Waals surface area contributed by atoms with E-state index in [1.807, 2.05) is 30.3 Å². The minimum Gasteiger partial charge on any atom is -0.323 e. The molecule has 0 saturated heterocycles. The summed E-state index contributed by atoms with van der Waals surface area (Å²) in [5.41, 5.74) is 2.10. The number of anilines is 2. The van der Waals surface area contributed by atoms with Gasteiger partial charge in [-0.2, -0.15) is 10.4 Å². The zero-order valence-electron chi connectivity index (χ0n) is 13.6. The van der Waals surface area contributed by atoms with Gasteiger partial charge in [0.1, 0.15) is 24.3 Å². The highest BCUT2D eigenvalue weighted by Gasteiger charge is 2.12. The lowest BCUT2D eigenvalue weighted by atomic mass is 10.1. The van der Waals surface area contributed by atoms with Gasteiger partial charge in [0.15, 0.2) is 11.6 Å². The fraction of sp³-hybridized carbons (Fsp3) is 0.0526. The molecule has 2 aromatic carbocycles. The first kappa shape index (κ1) is 15.7. The van der Waals surface area contributed by atoms with Crippen molar-refractivity contribution in [3.05, 3.63) is 65.9 Å². The van der Waals surface area contributed by atoms with Crippen LogP contribution in [-0.4, -0.2) is 20.2 Å². The molecule has 0 bridgehead atoms. The van der Waals surface area contributed by atoms with Crippen molar-refractivity contribution in [2.45, 2.75) is 6.67 Å². The van der Waals surface area contributed by atoms with Gasteiger partial charge in [-0.1, -0.05) is 36.4 Å². The topological polar surface area (TPSA) is 90.3 Å². The number of H-pyrrole nitrogens is 1. The van der Waals surface area contributed by atoms with Crippen LogP contribution in [0.1, 0.15) is 11.3 Å². The molecule has 4 rings (SSSR count). The van der Waals surface area contributed by atoms with Gasteiger partial charge in [-0.25, -0.2) is 14.4 Å². The van der Waals surface area contributed by atoms with Crippen molar-refractivity contribution in [2.24, 2.45) is 0 Å². The third-order valence-electron chi connectivity index (χ3n) is 3.96. The van der Waals surface area contributed by atoms with Crippen molar-refractivity contribution in [2.75, 3.05) is 5.32 Å². The van der Waals surface area contributed by atoms with Gasteiger partial charge < -0.3 is 5.32 Å². The van der Waals surface area contributed by atoms with Crippen LogP contribution >= 0.6 is 0 Å². The number of alkyl halides is 1. The Labute approximate surface area is 148 Å². The van der Waals surface area contributed by atoms with Crippen LogP contribution in [0.25, 0.3) is 22.3 Å². The maximum absolute atomic E-state index is 13.3. The predicted molar refractivity (Wildman–Crippen MR) is 96.4 cm³/mol. The van der Waals surface area contributed by atoms with E-state index >= 15 is 0 Å². The maximum Gasteiger partial charge on any atom is 0.163 e. The number of hydrogen-bond acceptors (Lipinski definition) is 5. The number of rotatable bonds is 4. The molecule has 0 aliphatic heterocycles. The minimum atomic E-state index is -0.636. The molecule has 0 aliphatic rings. The number of nitrogens with one attached hydrogen (secondary N) is 2. The smallest absolute Gasteiger partial charge is 0.163 e. The number of nitrogens with zero attached hydrogens (tertiary/aromatic N) is 4. The third kappa shape index (κ3) is 2.84. The van der Waals surface area contributed by atoms with E-state index in [4.69, 9.17) is 0 Å². The first-order valence-electron chi connectivity index (χ1n) is 7.92. The number of halogens is 1. The van der Waals surface area contributed by atoms with Crippen molar-refractivity contribution in [3.63, 3.8) is 0 Å². The highest BCUT2D eigenvalue weighted by atomic mass is 19.1. The van der Waals surface area contributed by atoms with Crippen molar-refractivity contribution in [3.8, 4) is 17.5 Å². The summed E-state index contributed by atoms with van der Waals surface area (Å²) in [6.07, 6.45) is 0. The minimum absolute atomic E-state index is 0.186. The molecule has 26 heavy (non-hydrogen) atoms. The van der Waals surface area contributed by atoms with E-state index in [0.29, 0.717) is 28.6 Å². The second kappa shape index (κ2) is 6.61. The summed E-state index contributed by atoms with van der Waals surface area (Å²) >= 11 is 0. The molecular formula is C19H13FN6. The molecule has 0 fully saturated rings. The number of para-hydroxylation sites is 1. The summed E-state index contributed by atoms with van der Waals surface area (Å²) < 4.78 is 13.3.